The van der Waals surface area contributed by atoms with Gasteiger partial charge in [-0.3, -0.25) is 4.79 Å². The van der Waals surface area contributed by atoms with Crippen LogP contribution in [0.1, 0.15) is 29.2 Å². The van der Waals surface area contributed by atoms with Crippen LogP contribution in [0.3, 0.4) is 0 Å². The van der Waals surface area contributed by atoms with Gasteiger partial charge in [0, 0.05) is 11.8 Å². The molecule has 0 saturated heterocycles. The summed E-state index contributed by atoms with van der Waals surface area (Å²) in [6.07, 6.45) is 2.11. The number of rotatable bonds is 5. The monoisotopic (exact) mass is 337 g/mol. The lowest BCUT2D eigenvalue weighted by Crippen LogP contribution is -2.29. The van der Waals surface area contributed by atoms with Gasteiger partial charge in [-0.2, -0.15) is 0 Å². The molecular formula is C21H23NO3. The van der Waals surface area contributed by atoms with Gasteiger partial charge in [0.1, 0.15) is 0 Å². The van der Waals surface area contributed by atoms with Crippen LogP contribution < -0.4 is 5.32 Å². The van der Waals surface area contributed by atoms with E-state index in [2.05, 4.69) is 5.32 Å². The average molecular weight is 337 g/mol. The number of hydrogen-bond donors (Lipinski definition) is 1. The summed E-state index contributed by atoms with van der Waals surface area (Å²) in [6, 6.07) is 13.6. The Balaban J connectivity index is 1.92. The van der Waals surface area contributed by atoms with E-state index >= 15 is 0 Å². The summed E-state index contributed by atoms with van der Waals surface area (Å²) in [7, 11) is 0. The lowest BCUT2D eigenvalue weighted by Gasteiger charge is -2.14. The fourth-order valence-corrected chi connectivity index (χ4v) is 2.21. The molecule has 2 rings (SSSR count). The Morgan fingerprint density at radius 3 is 2.32 bits per heavy atom. The maximum absolute atomic E-state index is 12.2. The molecule has 1 unspecified atom stereocenters. The average Bonchev–Trinajstić information content (AvgIpc) is 2.57. The van der Waals surface area contributed by atoms with Gasteiger partial charge < -0.3 is 10.1 Å². The third-order valence-electron chi connectivity index (χ3n) is 3.80. The molecule has 0 fully saturated rings. The predicted octanol–water partition coefficient (Wildman–Crippen LogP) is 4.20. The van der Waals surface area contributed by atoms with Crippen LogP contribution in [-0.4, -0.2) is 18.0 Å². The number of amides is 1. The number of benzene rings is 2. The smallest absolute Gasteiger partial charge is 0.331 e. The summed E-state index contributed by atoms with van der Waals surface area (Å²) in [6.45, 7) is 7.42. The van der Waals surface area contributed by atoms with Gasteiger partial charge in [0.2, 0.25) is 0 Å². The molecule has 2 aromatic carbocycles. The van der Waals surface area contributed by atoms with Crippen molar-refractivity contribution in [1.82, 2.24) is 0 Å². The van der Waals surface area contributed by atoms with Crippen molar-refractivity contribution in [3.05, 3.63) is 70.8 Å². The Hall–Kier alpha value is -2.88. The van der Waals surface area contributed by atoms with Crippen LogP contribution in [0.4, 0.5) is 5.69 Å². The molecule has 4 nitrogen and oxygen atoms in total. The number of ether oxygens (including phenoxy) is 1. The highest BCUT2D eigenvalue weighted by Gasteiger charge is 2.17. The largest absolute Gasteiger partial charge is 0.449 e. The highest BCUT2D eigenvalue weighted by Crippen LogP contribution is 2.17. The molecule has 0 aliphatic carbocycles. The Bertz CT molecular complexity index is 791. The van der Waals surface area contributed by atoms with Gasteiger partial charge in [-0.05, 0) is 56.5 Å². The van der Waals surface area contributed by atoms with Crippen molar-refractivity contribution in [2.24, 2.45) is 0 Å². The molecule has 0 saturated carbocycles. The third kappa shape index (κ3) is 5.60. The molecule has 0 aliphatic heterocycles. The molecule has 1 N–H and O–H groups in total. The lowest BCUT2D eigenvalue weighted by atomic mass is 10.1. The zero-order valence-corrected chi connectivity index (χ0v) is 15.0. The summed E-state index contributed by atoms with van der Waals surface area (Å²) in [4.78, 5) is 24.1. The minimum absolute atomic E-state index is 0.356. The predicted molar refractivity (Wildman–Crippen MR) is 100 cm³/mol. The van der Waals surface area contributed by atoms with E-state index in [1.54, 1.807) is 13.0 Å². The molecule has 0 aliphatic rings. The Kier molecular flexibility index (Phi) is 6.12. The fraction of sp³-hybridized carbons (Fsp3) is 0.238. The normalized spacial score (nSPS) is 12.0. The molecule has 25 heavy (non-hydrogen) atoms. The number of esters is 1. The Morgan fingerprint density at radius 1 is 1.00 bits per heavy atom. The molecule has 1 amide bonds. The van der Waals surface area contributed by atoms with Gasteiger partial charge in [0.25, 0.3) is 5.91 Å². The van der Waals surface area contributed by atoms with Crippen LogP contribution >= 0.6 is 0 Å². The SMILES string of the molecule is Cc1ccc(/C=C/C(=O)OC(C)C(=O)Nc2cc(C)ccc2C)cc1. The number of carbonyl (C=O) groups excluding carboxylic acids is 2. The first-order valence-electron chi connectivity index (χ1n) is 8.18. The van der Waals surface area contributed by atoms with Crippen molar-refractivity contribution in [1.29, 1.82) is 0 Å². The molecule has 0 aromatic heterocycles. The number of hydrogen-bond acceptors (Lipinski definition) is 3. The summed E-state index contributed by atoms with van der Waals surface area (Å²) in [5, 5.41) is 2.80. The van der Waals surface area contributed by atoms with E-state index in [0.717, 1.165) is 27.9 Å². The minimum Gasteiger partial charge on any atom is -0.449 e. The van der Waals surface area contributed by atoms with Crippen LogP contribution in [0.2, 0.25) is 0 Å². The first kappa shape index (κ1) is 18.5. The standard InChI is InChI=1S/C21H23NO3/c1-14-6-9-18(10-7-14)11-12-20(23)25-17(4)21(24)22-19-13-15(2)5-8-16(19)3/h5-13,17H,1-4H3,(H,22,24)/b12-11+. The zero-order chi connectivity index (χ0) is 18.4. The maximum Gasteiger partial charge on any atom is 0.331 e. The zero-order valence-electron chi connectivity index (χ0n) is 15.0. The molecule has 0 bridgehead atoms. The number of aryl methyl sites for hydroxylation is 3. The van der Waals surface area contributed by atoms with Crippen LogP contribution in [0.25, 0.3) is 6.08 Å². The molecule has 0 radical (unpaired) electrons. The highest BCUT2D eigenvalue weighted by molar-refractivity contribution is 5.97. The van der Waals surface area contributed by atoms with Gasteiger partial charge in [0.15, 0.2) is 6.10 Å². The van der Waals surface area contributed by atoms with Crippen LogP contribution in [0.5, 0.6) is 0 Å². The lowest BCUT2D eigenvalue weighted by molar-refractivity contribution is -0.148. The molecule has 1 atom stereocenters. The van der Waals surface area contributed by atoms with Gasteiger partial charge in [-0.15, -0.1) is 0 Å². The van der Waals surface area contributed by atoms with E-state index in [9.17, 15) is 9.59 Å². The minimum atomic E-state index is -0.880. The highest BCUT2D eigenvalue weighted by atomic mass is 16.5. The number of carbonyl (C=O) groups is 2. The second-order valence-corrected chi connectivity index (χ2v) is 6.13. The second-order valence-electron chi connectivity index (χ2n) is 6.13. The summed E-state index contributed by atoms with van der Waals surface area (Å²) in [5.74, 6) is -0.907. The van der Waals surface area contributed by atoms with Crippen molar-refractivity contribution in [2.45, 2.75) is 33.8 Å². The number of nitrogens with one attached hydrogen (secondary N) is 1. The fourth-order valence-electron chi connectivity index (χ4n) is 2.21. The van der Waals surface area contributed by atoms with Crippen LogP contribution in [0.15, 0.2) is 48.5 Å². The van der Waals surface area contributed by atoms with E-state index in [0.29, 0.717) is 0 Å². The van der Waals surface area contributed by atoms with E-state index in [1.807, 2.05) is 63.2 Å². The summed E-state index contributed by atoms with van der Waals surface area (Å²) >= 11 is 0. The van der Waals surface area contributed by atoms with Gasteiger partial charge in [0.05, 0.1) is 0 Å². The van der Waals surface area contributed by atoms with E-state index in [-0.39, 0.29) is 5.91 Å². The second kappa shape index (κ2) is 8.29. The van der Waals surface area contributed by atoms with Gasteiger partial charge in [-0.25, -0.2) is 4.79 Å². The van der Waals surface area contributed by atoms with Crippen LogP contribution in [0, 0.1) is 20.8 Å². The summed E-state index contributed by atoms with van der Waals surface area (Å²) in [5.41, 5.74) is 4.78. The Morgan fingerprint density at radius 2 is 1.64 bits per heavy atom. The Labute approximate surface area is 148 Å². The van der Waals surface area contributed by atoms with Crippen molar-refractivity contribution in [2.75, 3.05) is 5.32 Å². The van der Waals surface area contributed by atoms with Crippen molar-refractivity contribution in [3.63, 3.8) is 0 Å². The molecular weight excluding hydrogens is 314 g/mol. The molecule has 2 aromatic rings. The first-order valence-corrected chi connectivity index (χ1v) is 8.18. The van der Waals surface area contributed by atoms with Gasteiger partial charge in [-0.1, -0.05) is 42.0 Å². The maximum atomic E-state index is 12.2. The topological polar surface area (TPSA) is 55.4 Å². The molecule has 0 spiro atoms. The number of anilines is 1. The first-order chi connectivity index (χ1) is 11.8. The van der Waals surface area contributed by atoms with E-state index in [4.69, 9.17) is 4.74 Å². The summed E-state index contributed by atoms with van der Waals surface area (Å²) < 4.78 is 5.16. The van der Waals surface area contributed by atoms with Gasteiger partial charge >= 0.3 is 5.97 Å². The quantitative estimate of drug-likeness (QED) is 0.657. The van der Waals surface area contributed by atoms with E-state index in [1.165, 1.54) is 6.08 Å². The van der Waals surface area contributed by atoms with E-state index < -0.39 is 12.1 Å². The molecule has 4 heteroatoms. The molecule has 130 valence electrons. The third-order valence-corrected chi connectivity index (χ3v) is 3.80. The molecule has 0 heterocycles. The van der Waals surface area contributed by atoms with Crippen LogP contribution in [-0.2, 0) is 14.3 Å². The van der Waals surface area contributed by atoms with Crippen molar-refractivity contribution >= 4 is 23.6 Å². The van der Waals surface area contributed by atoms with Crippen molar-refractivity contribution < 1.29 is 14.3 Å². The van der Waals surface area contributed by atoms with Crippen molar-refractivity contribution in [3.8, 4) is 0 Å².